The fourth-order valence-electron chi connectivity index (χ4n) is 3.76. The SMILES string of the molecule is CC1CN(Cc2ccc(CNC(=O)[C@H]3NCCO[C@@H]3C)cc2)CC(C)O1. The minimum atomic E-state index is -0.270. The predicted molar refractivity (Wildman–Crippen MR) is 101 cm³/mol. The van der Waals surface area contributed by atoms with Gasteiger partial charge < -0.3 is 20.1 Å². The van der Waals surface area contributed by atoms with Gasteiger partial charge in [-0.2, -0.15) is 0 Å². The van der Waals surface area contributed by atoms with Gasteiger partial charge in [-0.25, -0.2) is 0 Å². The van der Waals surface area contributed by atoms with Gasteiger partial charge in [0, 0.05) is 32.7 Å². The lowest BCUT2D eigenvalue weighted by molar-refractivity contribution is -0.129. The molecule has 6 nitrogen and oxygen atoms in total. The Hall–Kier alpha value is -1.47. The van der Waals surface area contributed by atoms with E-state index in [9.17, 15) is 4.79 Å². The minimum absolute atomic E-state index is 0.00225. The molecule has 4 atom stereocenters. The second-order valence-electron chi connectivity index (χ2n) is 7.49. The average Bonchev–Trinajstić information content (AvgIpc) is 2.60. The lowest BCUT2D eigenvalue weighted by Gasteiger charge is -2.35. The van der Waals surface area contributed by atoms with E-state index < -0.39 is 0 Å². The third-order valence-corrected chi connectivity index (χ3v) is 4.99. The molecular weight excluding hydrogens is 330 g/mol. The zero-order chi connectivity index (χ0) is 18.5. The topological polar surface area (TPSA) is 62.8 Å². The Labute approximate surface area is 156 Å². The standard InChI is InChI=1S/C20H31N3O3/c1-14-11-23(12-15(2)26-14)13-18-6-4-17(5-7-18)10-22-20(24)19-16(3)25-9-8-21-19/h4-7,14-16,19,21H,8-13H2,1-3H3,(H,22,24)/t14?,15?,16-,19+/m1/s1. The molecule has 2 aliphatic heterocycles. The van der Waals surface area contributed by atoms with Gasteiger partial charge in [0.2, 0.25) is 5.91 Å². The fourth-order valence-corrected chi connectivity index (χ4v) is 3.76. The molecule has 0 bridgehead atoms. The third kappa shape index (κ3) is 5.27. The largest absolute Gasteiger partial charge is 0.375 e. The Morgan fingerprint density at radius 2 is 1.81 bits per heavy atom. The van der Waals surface area contributed by atoms with Gasteiger partial charge in [-0.1, -0.05) is 24.3 Å². The maximum absolute atomic E-state index is 12.3. The zero-order valence-corrected chi connectivity index (χ0v) is 16.0. The highest BCUT2D eigenvalue weighted by atomic mass is 16.5. The van der Waals surface area contributed by atoms with E-state index in [4.69, 9.17) is 9.47 Å². The van der Waals surface area contributed by atoms with E-state index in [1.165, 1.54) is 5.56 Å². The first-order valence-electron chi connectivity index (χ1n) is 9.59. The molecule has 0 aliphatic carbocycles. The monoisotopic (exact) mass is 361 g/mol. The van der Waals surface area contributed by atoms with Crippen LogP contribution in [0.4, 0.5) is 0 Å². The molecule has 0 saturated carbocycles. The molecule has 2 fully saturated rings. The Bertz CT molecular complexity index is 582. The van der Waals surface area contributed by atoms with E-state index in [-0.39, 0.29) is 30.3 Å². The van der Waals surface area contributed by atoms with Crippen LogP contribution >= 0.6 is 0 Å². The summed E-state index contributed by atoms with van der Waals surface area (Å²) < 4.78 is 11.3. The minimum Gasteiger partial charge on any atom is -0.375 e. The van der Waals surface area contributed by atoms with Gasteiger partial charge in [-0.3, -0.25) is 9.69 Å². The van der Waals surface area contributed by atoms with Crippen LogP contribution in [0.2, 0.25) is 0 Å². The van der Waals surface area contributed by atoms with Crippen LogP contribution in [0, 0.1) is 0 Å². The molecule has 2 saturated heterocycles. The van der Waals surface area contributed by atoms with Crippen molar-refractivity contribution in [1.29, 1.82) is 0 Å². The van der Waals surface area contributed by atoms with E-state index in [2.05, 4.69) is 53.6 Å². The van der Waals surface area contributed by atoms with Gasteiger partial charge in [-0.15, -0.1) is 0 Å². The summed E-state index contributed by atoms with van der Waals surface area (Å²) in [7, 11) is 0. The number of carbonyl (C=O) groups excluding carboxylic acids is 1. The molecule has 1 amide bonds. The second-order valence-corrected chi connectivity index (χ2v) is 7.49. The fraction of sp³-hybridized carbons (Fsp3) is 0.650. The lowest BCUT2D eigenvalue weighted by Crippen LogP contribution is -2.55. The Morgan fingerprint density at radius 3 is 2.46 bits per heavy atom. The summed E-state index contributed by atoms with van der Waals surface area (Å²) in [5.74, 6) is -0.00225. The molecule has 2 N–H and O–H groups in total. The number of hydrogen-bond donors (Lipinski definition) is 2. The van der Waals surface area contributed by atoms with Crippen molar-refractivity contribution in [3.8, 4) is 0 Å². The first kappa shape index (κ1) is 19.3. The molecule has 144 valence electrons. The number of nitrogens with zero attached hydrogens (tertiary/aromatic N) is 1. The summed E-state index contributed by atoms with van der Waals surface area (Å²) in [6, 6.07) is 8.22. The lowest BCUT2D eigenvalue weighted by atomic mass is 10.1. The van der Waals surface area contributed by atoms with Crippen molar-refractivity contribution in [3.05, 3.63) is 35.4 Å². The van der Waals surface area contributed by atoms with Crippen LogP contribution in [0.1, 0.15) is 31.9 Å². The van der Waals surface area contributed by atoms with Crippen molar-refractivity contribution >= 4 is 5.91 Å². The van der Waals surface area contributed by atoms with Crippen LogP contribution in [-0.4, -0.2) is 61.4 Å². The summed E-state index contributed by atoms with van der Waals surface area (Å²) in [6.07, 6.45) is 0.477. The molecule has 2 heterocycles. The summed E-state index contributed by atoms with van der Waals surface area (Å²) in [4.78, 5) is 14.7. The highest BCUT2D eigenvalue weighted by Gasteiger charge is 2.28. The number of hydrogen-bond acceptors (Lipinski definition) is 5. The Balaban J connectivity index is 1.47. The molecule has 2 aliphatic rings. The summed E-state index contributed by atoms with van der Waals surface area (Å²) in [5.41, 5.74) is 2.40. The van der Waals surface area contributed by atoms with Crippen LogP contribution in [0.5, 0.6) is 0 Å². The van der Waals surface area contributed by atoms with Gasteiger partial charge in [0.1, 0.15) is 6.04 Å². The maximum atomic E-state index is 12.3. The van der Waals surface area contributed by atoms with Crippen molar-refractivity contribution in [2.24, 2.45) is 0 Å². The summed E-state index contributed by atoms with van der Waals surface area (Å²) >= 11 is 0. The van der Waals surface area contributed by atoms with E-state index in [0.717, 1.165) is 31.7 Å². The summed E-state index contributed by atoms with van der Waals surface area (Å²) in [6.45, 7) is 11.0. The molecule has 0 radical (unpaired) electrons. The van der Waals surface area contributed by atoms with Crippen LogP contribution < -0.4 is 10.6 Å². The van der Waals surface area contributed by atoms with Crippen LogP contribution in [0.15, 0.2) is 24.3 Å². The first-order valence-corrected chi connectivity index (χ1v) is 9.59. The number of carbonyl (C=O) groups is 1. The average molecular weight is 361 g/mol. The van der Waals surface area contributed by atoms with Gasteiger partial charge in [0.25, 0.3) is 0 Å². The van der Waals surface area contributed by atoms with Crippen molar-refractivity contribution < 1.29 is 14.3 Å². The Morgan fingerprint density at radius 1 is 1.15 bits per heavy atom. The van der Waals surface area contributed by atoms with Crippen molar-refractivity contribution in [2.45, 2.75) is 58.2 Å². The van der Waals surface area contributed by atoms with Crippen molar-refractivity contribution in [3.63, 3.8) is 0 Å². The molecule has 0 spiro atoms. The molecule has 6 heteroatoms. The molecule has 2 unspecified atom stereocenters. The number of amides is 1. The van der Waals surface area contributed by atoms with Gasteiger partial charge in [0.05, 0.1) is 24.9 Å². The highest BCUT2D eigenvalue weighted by molar-refractivity contribution is 5.82. The van der Waals surface area contributed by atoms with E-state index >= 15 is 0 Å². The zero-order valence-electron chi connectivity index (χ0n) is 16.0. The smallest absolute Gasteiger partial charge is 0.240 e. The third-order valence-electron chi connectivity index (χ3n) is 4.99. The van der Waals surface area contributed by atoms with Crippen molar-refractivity contribution in [1.82, 2.24) is 15.5 Å². The first-order chi connectivity index (χ1) is 12.5. The molecule has 26 heavy (non-hydrogen) atoms. The molecule has 1 aromatic carbocycles. The maximum Gasteiger partial charge on any atom is 0.240 e. The number of benzene rings is 1. The molecular formula is C20H31N3O3. The normalized spacial score (nSPS) is 30.1. The van der Waals surface area contributed by atoms with Gasteiger partial charge in [0.15, 0.2) is 0 Å². The Kier molecular flexibility index (Phi) is 6.64. The molecule has 1 aromatic rings. The van der Waals surface area contributed by atoms with Gasteiger partial charge >= 0.3 is 0 Å². The number of nitrogens with one attached hydrogen (secondary N) is 2. The van der Waals surface area contributed by atoms with Crippen LogP contribution in [0.3, 0.4) is 0 Å². The van der Waals surface area contributed by atoms with E-state index in [1.54, 1.807) is 0 Å². The van der Waals surface area contributed by atoms with Crippen LogP contribution in [0.25, 0.3) is 0 Å². The van der Waals surface area contributed by atoms with Gasteiger partial charge in [-0.05, 0) is 31.9 Å². The second kappa shape index (κ2) is 8.95. The highest BCUT2D eigenvalue weighted by Crippen LogP contribution is 2.15. The number of morpholine rings is 2. The van der Waals surface area contributed by atoms with Crippen molar-refractivity contribution in [2.75, 3.05) is 26.2 Å². The number of ether oxygens (including phenoxy) is 2. The predicted octanol–water partition coefficient (Wildman–Crippen LogP) is 1.29. The molecule has 0 aromatic heterocycles. The van der Waals surface area contributed by atoms with E-state index in [1.807, 2.05) is 6.92 Å². The quantitative estimate of drug-likeness (QED) is 0.828. The van der Waals surface area contributed by atoms with Crippen LogP contribution in [-0.2, 0) is 27.4 Å². The molecule has 3 rings (SSSR count). The van der Waals surface area contributed by atoms with E-state index in [0.29, 0.717) is 13.2 Å². The summed E-state index contributed by atoms with van der Waals surface area (Å²) in [5, 5.41) is 6.22. The number of rotatable bonds is 5.